The predicted octanol–water partition coefficient (Wildman–Crippen LogP) is 1.37. The van der Waals surface area contributed by atoms with E-state index in [0.29, 0.717) is 6.54 Å². The number of aliphatic imine (C=N–C) groups is 1. The minimum atomic E-state index is -4.46. The highest BCUT2D eigenvalue weighted by Crippen LogP contribution is 2.28. The minimum Gasteiger partial charge on any atom is -0.476 e. The summed E-state index contributed by atoms with van der Waals surface area (Å²) in [5.41, 5.74) is -0.956. The molecule has 0 aromatic carbocycles. The molecule has 0 aliphatic carbocycles. The predicted molar refractivity (Wildman–Crippen MR) is 67.7 cm³/mol. The van der Waals surface area contributed by atoms with Crippen molar-refractivity contribution in [2.75, 3.05) is 33.3 Å². The number of nitrogens with zero attached hydrogens (tertiary/aromatic N) is 3. The summed E-state index contributed by atoms with van der Waals surface area (Å²) in [6.45, 7) is 2.26. The molecule has 0 saturated heterocycles. The maximum atomic E-state index is 12.5. The summed E-state index contributed by atoms with van der Waals surface area (Å²) in [6.07, 6.45) is -4.46. The topological polar surface area (TPSA) is 49.8 Å². The first-order valence-corrected chi connectivity index (χ1v) is 6.13. The van der Waals surface area contributed by atoms with E-state index in [1.54, 1.807) is 0 Å². The Morgan fingerprint density at radius 2 is 2.20 bits per heavy atom. The molecule has 20 heavy (non-hydrogen) atoms. The molecule has 0 atom stereocenters. The van der Waals surface area contributed by atoms with Crippen LogP contribution < -0.4 is 10.1 Å². The van der Waals surface area contributed by atoms with Crippen LogP contribution in [0.15, 0.2) is 23.2 Å². The van der Waals surface area contributed by atoms with Gasteiger partial charge < -0.3 is 15.0 Å². The summed E-state index contributed by atoms with van der Waals surface area (Å²) in [7, 11) is 1.91. The molecule has 0 spiro atoms. The number of rotatable bonds is 4. The second kappa shape index (κ2) is 5.98. The van der Waals surface area contributed by atoms with Crippen LogP contribution in [0.4, 0.5) is 13.2 Å². The van der Waals surface area contributed by atoms with Crippen LogP contribution in [0.1, 0.15) is 5.69 Å². The maximum absolute atomic E-state index is 12.5. The Balaban J connectivity index is 1.80. The van der Waals surface area contributed by atoms with E-state index in [2.05, 4.69) is 15.3 Å². The monoisotopic (exact) mass is 288 g/mol. The maximum Gasteiger partial charge on any atom is 0.433 e. The molecule has 2 rings (SSSR count). The van der Waals surface area contributed by atoms with E-state index in [4.69, 9.17) is 4.74 Å². The minimum absolute atomic E-state index is 0.0386. The molecule has 8 heteroatoms. The summed E-state index contributed by atoms with van der Waals surface area (Å²) in [6, 6.07) is 3.58. The molecule has 1 aromatic heterocycles. The van der Waals surface area contributed by atoms with E-state index in [0.717, 1.165) is 25.1 Å². The molecule has 1 N–H and O–H groups in total. The Morgan fingerprint density at radius 1 is 1.40 bits per heavy atom. The Hall–Kier alpha value is -1.99. The number of pyridine rings is 1. The van der Waals surface area contributed by atoms with E-state index in [9.17, 15) is 13.2 Å². The van der Waals surface area contributed by atoms with Crippen LogP contribution in [0.2, 0.25) is 0 Å². The molecule has 0 fully saturated rings. The molecule has 2 heterocycles. The van der Waals surface area contributed by atoms with E-state index in [-0.39, 0.29) is 12.5 Å². The Bertz CT molecular complexity index is 490. The van der Waals surface area contributed by atoms with Crippen molar-refractivity contribution in [3.05, 3.63) is 23.9 Å². The first-order chi connectivity index (χ1) is 9.47. The summed E-state index contributed by atoms with van der Waals surface area (Å²) < 4.78 is 42.5. The van der Waals surface area contributed by atoms with Gasteiger partial charge in [-0.2, -0.15) is 13.2 Å². The van der Waals surface area contributed by atoms with Gasteiger partial charge in [-0.05, 0) is 6.07 Å². The second-order valence-electron chi connectivity index (χ2n) is 4.26. The molecule has 1 aliphatic rings. The van der Waals surface area contributed by atoms with Crippen LogP contribution in [0.25, 0.3) is 0 Å². The Morgan fingerprint density at radius 3 is 2.85 bits per heavy atom. The van der Waals surface area contributed by atoms with Crippen LogP contribution in [0, 0.1) is 0 Å². The van der Waals surface area contributed by atoms with Gasteiger partial charge in [-0.15, -0.1) is 0 Å². The molecular weight excluding hydrogens is 273 g/mol. The average molecular weight is 288 g/mol. The largest absolute Gasteiger partial charge is 0.476 e. The van der Waals surface area contributed by atoms with E-state index in [1.807, 2.05) is 11.9 Å². The number of nitrogens with one attached hydrogen (secondary N) is 1. The number of alkyl halides is 3. The van der Waals surface area contributed by atoms with Gasteiger partial charge in [-0.3, -0.25) is 4.99 Å². The standard InChI is InChI=1S/C12H15F3N4O/c1-19-7-5-16-11(19)17-6-8-20-10-4-2-3-9(18-10)12(13,14)15/h2-4H,5-8H2,1H3,(H,16,17). The fourth-order valence-electron chi connectivity index (χ4n) is 1.69. The first-order valence-electron chi connectivity index (χ1n) is 6.13. The molecule has 110 valence electrons. The van der Waals surface area contributed by atoms with Gasteiger partial charge in [0.05, 0.1) is 13.1 Å². The van der Waals surface area contributed by atoms with Crippen LogP contribution in [-0.2, 0) is 6.18 Å². The highest BCUT2D eigenvalue weighted by molar-refractivity contribution is 5.81. The van der Waals surface area contributed by atoms with Gasteiger partial charge >= 0.3 is 6.18 Å². The van der Waals surface area contributed by atoms with Crippen molar-refractivity contribution in [3.8, 4) is 5.88 Å². The van der Waals surface area contributed by atoms with Crippen molar-refractivity contribution < 1.29 is 17.9 Å². The van der Waals surface area contributed by atoms with E-state index in [1.165, 1.54) is 12.1 Å². The third kappa shape index (κ3) is 3.75. The zero-order valence-electron chi connectivity index (χ0n) is 10.9. The van der Waals surface area contributed by atoms with Crippen molar-refractivity contribution in [1.82, 2.24) is 15.2 Å². The third-order valence-electron chi connectivity index (χ3n) is 2.71. The summed E-state index contributed by atoms with van der Waals surface area (Å²) in [5, 5.41) is 3.05. The highest BCUT2D eigenvalue weighted by atomic mass is 19.4. The summed E-state index contributed by atoms with van der Waals surface area (Å²) in [4.78, 5) is 9.59. The fraction of sp³-hybridized carbons (Fsp3) is 0.500. The van der Waals surface area contributed by atoms with Crippen molar-refractivity contribution in [3.63, 3.8) is 0 Å². The van der Waals surface area contributed by atoms with Gasteiger partial charge in [0.1, 0.15) is 12.3 Å². The van der Waals surface area contributed by atoms with E-state index < -0.39 is 11.9 Å². The van der Waals surface area contributed by atoms with Gasteiger partial charge in [-0.1, -0.05) is 6.07 Å². The van der Waals surface area contributed by atoms with Crippen LogP contribution in [0.3, 0.4) is 0 Å². The number of aromatic nitrogens is 1. The average Bonchev–Trinajstić information content (AvgIpc) is 2.80. The molecule has 1 aromatic rings. The lowest BCUT2D eigenvalue weighted by Crippen LogP contribution is -2.37. The molecule has 0 amide bonds. The van der Waals surface area contributed by atoms with Crippen molar-refractivity contribution >= 4 is 5.96 Å². The fourth-order valence-corrected chi connectivity index (χ4v) is 1.69. The quantitative estimate of drug-likeness (QED) is 0.850. The third-order valence-corrected chi connectivity index (χ3v) is 2.71. The number of hydrogen-bond donors (Lipinski definition) is 1. The lowest BCUT2D eigenvalue weighted by Gasteiger charge is -2.15. The number of hydrogen-bond acceptors (Lipinski definition) is 5. The molecule has 0 bridgehead atoms. The van der Waals surface area contributed by atoms with Crippen LogP contribution in [-0.4, -0.2) is 49.1 Å². The van der Waals surface area contributed by atoms with E-state index >= 15 is 0 Å². The summed E-state index contributed by atoms with van der Waals surface area (Å²) >= 11 is 0. The zero-order chi connectivity index (χ0) is 14.6. The normalized spacial score (nSPS) is 15.2. The van der Waals surface area contributed by atoms with Gasteiger partial charge in [0.2, 0.25) is 5.88 Å². The lowest BCUT2D eigenvalue weighted by atomic mass is 10.3. The molecule has 0 unspecified atom stereocenters. The SMILES string of the molecule is CN1CCN=C1NCCOc1cccc(C(F)(F)F)n1. The molecule has 5 nitrogen and oxygen atoms in total. The molecular formula is C12H15F3N4O. The highest BCUT2D eigenvalue weighted by Gasteiger charge is 2.32. The lowest BCUT2D eigenvalue weighted by molar-refractivity contribution is -0.141. The number of likely N-dealkylation sites (N-methyl/N-ethyl adjacent to an activating group) is 1. The second-order valence-corrected chi connectivity index (χ2v) is 4.26. The zero-order valence-corrected chi connectivity index (χ0v) is 10.9. The van der Waals surface area contributed by atoms with Gasteiger partial charge in [0.15, 0.2) is 5.96 Å². The van der Waals surface area contributed by atoms with Crippen LogP contribution >= 0.6 is 0 Å². The first kappa shape index (κ1) is 14.4. The molecule has 0 saturated carbocycles. The Kier molecular flexibility index (Phi) is 4.31. The molecule has 1 aliphatic heterocycles. The van der Waals surface area contributed by atoms with Gasteiger partial charge in [-0.25, -0.2) is 4.98 Å². The van der Waals surface area contributed by atoms with Gasteiger partial charge in [0, 0.05) is 19.7 Å². The van der Waals surface area contributed by atoms with Crippen molar-refractivity contribution in [2.24, 2.45) is 4.99 Å². The Labute approximate surface area is 114 Å². The summed E-state index contributed by atoms with van der Waals surface area (Å²) in [5.74, 6) is 0.731. The number of halogens is 3. The van der Waals surface area contributed by atoms with Gasteiger partial charge in [0.25, 0.3) is 0 Å². The van der Waals surface area contributed by atoms with Crippen LogP contribution in [0.5, 0.6) is 5.88 Å². The molecule has 0 radical (unpaired) electrons. The number of guanidine groups is 1. The number of ether oxygens (including phenoxy) is 1. The smallest absolute Gasteiger partial charge is 0.433 e. The van der Waals surface area contributed by atoms with Crippen molar-refractivity contribution in [1.29, 1.82) is 0 Å². The van der Waals surface area contributed by atoms with Crippen molar-refractivity contribution in [2.45, 2.75) is 6.18 Å².